The normalized spacial score (nSPS) is 21.9. The lowest BCUT2D eigenvalue weighted by Gasteiger charge is -2.16. The molecule has 0 N–H and O–H groups in total. The second-order valence-electron chi connectivity index (χ2n) is 5.81. The molecule has 0 bridgehead atoms. The summed E-state index contributed by atoms with van der Waals surface area (Å²) in [6.07, 6.45) is 4.89. The lowest BCUT2D eigenvalue weighted by atomic mass is 9.89. The zero-order valence-electron chi connectivity index (χ0n) is 11.5. The van der Waals surface area contributed by atoms with Gasteiger partial charge in [-0.25, -0.2) is 0 Å². The summed E-state index contributed by atoms with van der Waals surface area (Å²) < 4.78 is 0. The molecule has 0 saturated carbocycles. The first-order valence-corrected chi connectivity index (χ1v) is 8.24. The zero-order chi connectivity index (χ0) is 13.8. The molecule has 1 aliphatic carbocycles. The molecular formula is C20H14S. The summed E-state index contributed by atoms with van der Waals surface area (Å²) in [4.78, 5) is 1.45. The second-order valence-corrected chi connectivity index (χ2v) is 7.03. The quantitative estimate of drug-likeness (QED) is 0.607. The van der Waals surface area contributed by atoms with Gasteiger partial charge in [0.2, 0.25) is 0 Å². The highest BCUT2D eigenvalue weighted by Crippen LogP contribution is 2.48. The van der Waals surface area contributed by atoms with E-state index in [9.17, 15) is 0 Å². The summed E-state index contributed by atoms with van der Waals surface area (Å²) in [5.74, 6) is 0.518. The molecule has 0 amide bonds. The molecule has 0 fully saturated rings. The minimum absolute atomic E-state index is 0.518. The Labute approximate surface area is 127 Å². The van der Waals surface area contributed by atoms with E-state index in [1.807, 2.05) is 11.8 Å². The molecular weight excluding hydrogens is 272 g/mol. The molecule has 0 saturated heterocycles. The summed E-state index contributed by atoms with van der Waals surface area (Å²) in [7, 11) is 0. The standard InChI is InChI=1S/C20H14S/c1-3-7-15-11-19-17(9-13(15)5-1)18-10-14-6-2-4-8-16(14)12-20(18)21-19/h1-12,17,19H. The Morgan fingerprint density at radius 1 is 0.714 bits per heavy atom. The lowest BCUT2D eigenvalue weighted by Crippen LogP contribution is -2.31. The number of rotatable bonds is 0. The lowest BCUT2D eigenvalue weighted by molar-refractivity contribution is 0.949. The molecule has 0 radical (unpaired) electrons. The number of thioether (sulfide) groups is 1. The summed E-state index contributed by atoms with van der Waals surface area (Å²) in [5, 5.41) is 6.00. The fraction of sp³-hybridized carbons (Fsp3) is 0.100. The van der Waals surface area contributed by atoms with Crippen LogP contribution < -0.4 is 10.4 Å². The van der Waals surface area contributed by atoms with Crippen LogP contribution in [0.1, 0.15) is 11.5 Å². The van der Waals surface area contributed by atoms with Crippen molar-refractivity contribution in [2.75, 3.05) is 0 Å². The van der Waals surface area contributed by atoms with Crippen LogP contribution in [0, 0.1) is 0 Å². The molecule has 3 aromatic carbocycles. The van der Waals surface area contributed by atoms with Crippen LogP contribution in [0.3, 0.4) is 0 Å². The third-order valence-electron chi connectivity index (χ3n) is 4.55. The van der Waals surface area contributed by atoms with Crippen LogP contribution in [-0.4, -0.2) is 5.25 Å². The minimum Gasteiger partial charge on any atom is -0.117 e. The van der Waals surface area contributed by atoms with Crippen LogP contribution in [0.4, 0.5) is 0 Å². The van der Waals surface area contributed by atoms with Crippen molar-refractivity contribution in [1.82, 2.24) is 0 Å². The largest absolute Gasteiger partial charge is 0.117 e. The van der Waals surface area contributed by atoms with Crippen LogP contribution in [-0.2, 0) is 0 Å². The van der Waals surface area contributed by atoms with E-state index in [1.165, 1.54) is 31.7 Å². The zero-order valence-corrected chi connectivity index (χ0v) is 12.3. The molecule has 0 aromatic heterocycles. The van der Waals surface area contributed by atoms with Gasteiger partial charge in [-0.1, -0.05) is 60.7 Å². The fourth-order valence-corrected chi connectivity index (χ4v) is 4.91. The SMILES string of the molecule is C1=c2ccccc2=CC2c3cc4ccccc4cc3SC12. The third-order valence-corrected chi connectivity index (χ3v) is 5.86. The average Bonchev–Trinajstić information content (AvgIpc) is 2.87. The van der Waals surface area contributed by atoms with E-state index in [0.29, 0.717) is 11.2 Å². The Hall–Kier alpha value is -1.99. The van der Waals surface area contributed by atoms with E-state index < -0.39 is 0 Å². The Balaban J connectivity index is 1.76. The van der Waals surface area contributed by atoms with Crippen molar-refractivity contribution in [3.63, 3.8) is 0 Å². The van der Waals surface area contributed by atoms with Crippen LogP contribution in [0.25, 0.3) is 22.9 Å². The van der Waals surface area contributed by atoms with Gasteiger partial charge in [0.25, 0.3) is 0 Å². The van der Waals surface area contributed by atoms with Crippen molar-refractivity contribution in [3.8, 4) is 0 Å². The maximum atomic E-state index is 2.45. The number of hydrogen-bond acceptors (Lipinski definition) is 1. The maximum absolute atomic E-state index is 2.45. The highest BCUT2D eigenvalue weighted by atomic mass is 32.2. The van der Waals surface area contributed by atoms with E-state index in [2.05, 4.69) is 72.8 Å². The van der Waals surface area contributed by atoms with Gasteiger partial charge in [0, 0.05) is 16.1 Å². The van der Waals surface area contributed by atoms with E-state index in [1.54, 1.807) is 0 Å². The van der Waals surface area contributed by atoms with E-state index in [-0.39, 0.29) is 0 Å². The molecule has 21 heavy (non-hydrogen) atoms. The van der Waals surface area contributed by atoms with E-state index in [0.717, 1.165) is 0 Å². The predicted octanol–water partition coefficient (Wildman–Crippen LogP) is 3.67. The molecule has 1 heteroatoms. The Bertz CT molecular complexity index is 984. The molecule has 3 aromatic rings. The molecule has 2 aliphatic rings. The molecule has 2 atom stereocenters. The first kappa shape index (κ1) is 11.6. The monoisotopic (exact) mass is 286 g/mol. The van der Waals surface area contributed by atoms with Crippen molar-refractivity contribution < 1.29 is 0 Å². The van der Waals surface area contributed by atoms with Gasteiger partial charge in [0.15, 0.2) is 0 Å². The Morgan fingerprint density at radius 3 is 2.19 bits per heavy atom. The average molecular weight is 286 g/mol. The predicted molar refractivity (Wildman–Crippen MR) is 91.0 cm³/mol. The van der Waals surface area contributed by atoms with Crippen molar-refractivity contribution in [3.05, 3.63) is 76.7 Å². The summed E-state index contributed by atoms with van der Waals surface area (Å²) >= 11 is 2.01. The summed E-state index contributed by atoms with van der Waals surface area (Å²) in [6.45, 7) is 0. The van der Waals surface area contributed by atoms with E-state index in [4.69, 9.17) is 0 Å². The van der Waals surface area contributed by atoms with Crippen LogP contribution >= 0.6 is 11.8 Å². The van der Waals surface area contributed by atoms with Crippen LogP contribution in [0.5, 0.6) is 0 Å². The van der Waals surface area contributed by atoms with Gasteiger partial charge in [-0.3, -0.25) is 0 Å². The molecule has 0 nitrogen and oxygen atoms in total. The van der Waals surface area contributed by atoms with Gasteiger partial charge in [-0.15, -0.1) is 11.8 Å². The van der Waals surface area contributed by atoms with Crippen LogP contribution in [0.2, 0.25) is 0 Å². The van der Waals surface area contributed by atoms with Gasteiger partial charge >= 0.3 is 0 Å². The van der Waals surface area contributed by atoms with Crippen molar-refractivity contribution in [1.29, 1.82) is 0 Å². The molecule has 5 rings (SSSR count). The number of hydrogen-bond donors (Lipinski definition) is 0. The van der Waals surface area contributed by atoms with Crippen molar-refractivity contribution in [2.45, 2.75) is 16.1 Å². The molecule has 2 unspecified atom stereocenters. The van der Waals surface area contributed by atoms with Crippen molar-refractivity contribution >= 4 is 34.7 Å². The maximum Gasteiger partial charge on any atom is 0.0387 e. The van der Waals surface area contributed by atoms with Gasteiger partial charge in [0.1, 0.15) is 0 Å². The number of fused-ring (bicyclic) bond motifs is 5. The van der Waals surface area contributed by atoms with Gasteiger partial charge < -0.3 is 0 Å². The van der Waals surface area contributed by atoms with Gasteiger partial charge in [-0.05, 0) is 38.9 Å². The molecule has 1 heterocycles. The molecule has 100 valence electrons. The first-order valence-electron chi connectivity index (χ1n) is 7.37. The van der Waals surface area contributed by atoms with Crippen LogP contribution in [0.15, 0.2) is 65.6 Å². The topological polar surface area (TPSA) is 0 Å². The third kappa shape index (κ3) is 1.71. The highest BCUT2D eigenvalue weighted by molar-refractivity contribution is 8.00. The smallest absolute Gasteiger partial charge is 0.0387 e. The van der Waals surface area contributed by atoms with E-state index >= 15 is 0 Å². The highest BCUT2D eigenvalue weighted by Gasteiger charge is 2.31. The van der Waals surface area contributed by atoms with Gasteiger partial charge in [0.05, 0.1) is 0 Å². The van der Waals surface area contributed by atoms with Gasteiger partial charge in [-0.2, -0.15) is 0 Å². The fourth-order valence-electron chi connectivity index (χ4n) is 3.50. The molecule has 1 aliphatic heterocycles. The summed E-state index contributed by atoms with van der Waals surface area (Å²) in [5.41, 5.74) is 1.49. The van der Waals surface area contributed by atoms with Crippen molar-refractivity contribution in [2.24, 2.45) is 0 Å². The minimum atomic E-state index is 0.518. The summed E-state index contributed by atoms with van der Waals surface area (Å²) in [6, 6.07) is 22.1. The Kier molecular flexibility index (Phi) is 2.36. The Morgan fingerprint density at radius 2 is 1.38 bits per heavy atom. The number of benzene rings is 3. The second kappa shape index (κ2) is 4.25. The molecule has 0 spiro atoms. The first-order chi connectivity index (χ1) is 10.4.